The van der Waals surface area contributed by atoms with E-state index in [-0.39, 0.29) is 6.61 Å². The highest BCUT2D eigenvalue weighted by Crippen LogP contribution is 2.45. The summed E-state index contributed by atoms with van der Waals surface area (Å²) in [5, 5.41) is 6.02. The second-order valence-corrected chi connectivity index (χ2v) is 10.4. The highest BCUT2D eigenvalue weighted by Gasteiger charge is 2.45. The van der Waals surface area contributed by atoms with Crippen molar-refractivity contribution in [1.29, 1.82) is 0 Å². The highest BCUT2D eigenvalue weighted by atomic mass is 32.1. The van der Waals surface area contributed by atoms with E-state index in [0.29, 0.717) is 12.5 Å². The molecule has 1 aromatic heterocycles. The minimum Gasteiger partial charge on any atom is -0.497 e. The zero-order valence-corrected chi connectivity index (χ0v) is 23.4. The van der Waals surface area contributed by atoms with E-state index in [1.165, 1.54) is 0 Å². The van der Waals surface area contributed by atoms with Gasteiger partial charge >= 0.3 is 6.09 Å². The van der Waals surface area contributed by atoms with E-state index in [1.807, 2.05) is 84.8 Å². The van der Waals surface area contributed by atoms with Gasteiger partial charge in [0.25, 0.3) is 0 Å². The standard InChI is InChI=1S/C31H32N4O3S/c1-31(28-15-10-20-39-28)26-13-8-9-14-27(26)33(2)34(3)29(32-30(36)38-22-24-11-6-5-7-12-24)35(31)21-23-16-18-25(37-4)19-17-23/h5-20H,21-22H2,1-4H3/b32-29+. The van der Waals surface area contributed by atoms with Gasteiger partial charge in [-0.1, -0.05) is 66.7 Å². The van der Waals surface area contributed by atoms with Crippen LogP contribution in [0.5, 0.6) is 5.75 Å². The zero-order valence-electron chi connectivity index (χ0n) is 22.6. The maximum Gasteiger partial charge on any atom is 0.437 e. The number of benzene rings is 3. The molecule has 0 N–H and O–H groups in total. The Balaban J connectivity index is 1.63. The topological polar surface area (TPSA) is 57.6 Å². The molecule has 39 heavy (non-hydrogen) atoms. The number of thiophene rings is 1. The number of amides is 1. The van der Waals surface area contributed by atoms with Crippen molar-refractivity contribution in [2.24, 2.45) is 4.99 Å². The van der Waals surface area contributed by atoms with Crippen LogP contribution in [0.1, 0.15) is 28.5 Å². The van der Waals surface area contributed by atoms with Gasteiger partial charge in [0.15, 0.2) is 0 Å². The summed E-state index contributed by atoms with van der Waals surface area (Å²) >= 11 is 1.68. The number of hydrogen-bond acceptors (Lipinski definition) is 5. The molecule has 1 amide bonds. The Morgan fingerprint density at radius 2 is 1.59 bits per heavy atom. The third-order valence-electron chi connectivity index (χ3n) is 7.19. The molecular weight excluding hydrogens is 508 g/mol. The summed E-state index contributed by atoms with van der Waals surface area (Å²) in [6, 6.07) is 30.1. The molecule has 5 rings (SSSR count). The molecular formula is C31H32N4O3S. The van der Waals surface area contributed by atoms with E-state index >= 15 is 0 Å². The molecule has 0 radical (unpaired) electrons. The lowest BCUT2D eigenvalue weighted by Crippen LogP contribution is -2.53. The van der Waals surface area contributed by atoms with Gasteiger partial charge in [-0.15, -0.1) is 16.3 Å². The Kier molecular flexibility index (Phi) is 7.56. The summed E-state index contributed by atoms with van der Waals surface area (Å²) in [4.78, 5) is 21.1. The summed E-state index contributed by atoms with van der Waals surface area (Å²) in [5.41, 5.74) is 3.46. The first kappa shape index (κ1) is 26.3. The Hall–Kier alpha value is -4.30. The van der Waals surface area contributed by atoms with Crippen LogP contribution < -0.4 is 9.75 Å². The van der Waals surface area contributed by atoms with Gasteiger partial charge in [0.05, 0.1) is 12.8 Å². The Morgan fingerprint density at radius 1 is 0.872 bits per heavy atom. The monoisotopic (exact) mass is 540 g/mol. The fraction of sp³-hybridized carbons (Fsp3) is 0.226. The summed E-state index contributed by atoms with van der Waals surface area (Å²) in [6.07, 6.45) is -0.645. The predicted molar refractivity (Wildman–Crippen MR) is 156 cm³/mol. The van der Waals surface area contributed by atoms with E-state index in [1.54, 1.807) is 18.4 Å². The molecule has 0 aliphatic carbocycles. The number of ether oxygens (including phenoxy) is 2. The average molecular weight is 541 g/mol. The number of aliphatic imine (C=N–C) groups is 1. The van der Waals surface area contributed by atoms with Crippen LogP contribution in [0.3, 0.4) is 0 Å². The smallest absolute Gasteiger partial charge is 0.437 e. The molecule has 0 saturated heterocycles. The fourth-order valence-corrected chi connectivity index (χ4v) is 5.82. The number of carbonyl (C=O) groups excluding carboxylic acids is 1. The molecule has 3 aromatic carbocycles. The van der Waals surface area contributed by atoms with Crippen molar-refractivity contribution < 1.29 is 14.3 Å². The molecule has 1 aliphatic heterocycles. The number of fused-ring (bicyclic) bond motifs is 1. The third kappa shape index (κ3) is 5.20. The maximum absolute atomic E-state index is 13.2. The predicted octanol–water partition coefficient (Wildman–Crippen LogP) is 6.51. The van der Waals surface area contributed by atoms with Crippen LogP contribution in [0.25, 0.3) is 0 Å². The molecule has 7 nitrogen and oxygen atoms in total. The van der Waals surface area contributed by atoms with Crippen molar-refractivity contribution in [1.82, 2.24) is 9.91 Å². The number of guanidine groups is 1. The first-order valence-electron chi connectivity index (χ1n) is 12.7. The Bertz CT molecular complexity index is 1440. The summed E-state index contributed by atoms with van der Waals surface area (Å²) in [5.74, 6) is 1.27. The minimum absolute atomic E-state index is 0.150. The molecule has 0 spiro atoms. The van der Waals surface area contributed by atoms with Gasteiger partial charge < -0.3 is 14.4 Å². The van der Waals surface area contributed by atoms with Crippen molar-refractivity contribution in [2.45, 2.75) is 25.6 Å². The van der Waals surface area contributed by atoms with Gasteiger partial charge in [0, 0.05) is 31.1 Å². The van der Waals surface area contributed by atoms with Crippen LogP contribution in [-0.4, -0.2) is 43.2 Å². The van der Waals surface area contributed by atoms with Crippen molar-refractivity contribution in [2.75, 3.05) is 26.2 Å². The van der Waals surface area contributed by atoms with Crippen molar-refractivity contribution in [3.63, 3.8) is 0 Å². The van der Waals surface area contributed by atoms with Gasteiger partial charge in [-0.3, -0.25) is 10.0 Å². The largest absolute Gasteiger partial charge is 0.497 e. The third-order valence-corrected chi connectivity index (χ3v) is 8.28. The first-order chi connectivity index (χ1) is 18.9. The molecule has 1 atom stereocenters. The SMILES string of the molecule is COc1ccc(CN2/C(=N/C(=O)OCc3ccccc3)N(C)N(C)c3ccccc3C2(C)c2cccs2)cc1. The minimum atomic E-state index is -0.645. The van der Waals surface area contributed by atoms with E-state index in [0.717, 1.165) is 33.0 Å². The van der Waals surface area contributed by atoms with Crippen LogP contribution in [0, 0.1) is 0 Å². The lowest BCUT2D eigenvalue weighted by molar-refractivity contribution is 0.148. The summed E-state index contributed by atoms with van der Waals surface area (Å²) < 4.78 is 11.0. The number of nitrogens with zero attached hydrogens (tertiary/aromatic N) is 4. The van der Waals surface area contributed by atoms with E-state index in [9.17, 15) is 4.79 Å². The molecule has 4 aromatic rings. The highest BCUT2D eigenvalue weighted by molar-refractivity contribution is 7.10. The van der Waals surface area contributed by atoms with E-state index in [2.05, 4.69) is 52.5 Å². The molecule has 1 aliphatic rings. The van der Waals surface area contributed by atoms with Gasteiger partial charge in [-0.25, -0.2) is 4.79 Å². The van der Waals surface area contributed by atoms with Crippen molar-refractivity contribution in [3.05, 3.63) is 118 Å². The van der Waals surface area contributed by atoms with Crippen molar-refractivity contribution in [3.8, 4) is 5.75 Å². The van der Waals surface area contributed by atoms with Gasteiger partial charge in [-0.05, 0) is 47.7 Å². The summed E-state index contributed by atoms with van der Waals surface area (Å²) in [6.45, 7) is 2.84. The van der Waals surface area contributed by atoms with Gasteiger partial charge in [0.1, 0.15) is 17.9 Å². The second kappa shape index (κ2) is 11.2. The molecule has 0 bridgehead atoms. The van der Waals surface area contributed by atoms with Crippen LogP contribution >= 0.6 is 11.3 Å². The number of methoxy groups -OCH3 is 1. The lowest BCUT2D eigenvalue weighted by Gasteiger charge is -2.42. The van der Waals surface area contributed by atoms with E-state index < -0.39 is 11.6 Å². The number of para-hydroxylation sites is 1. The summed E-state index contributed by atoms with van der Waals surface area (Å²) in [7, 11) is 5.56. The fourth-order valence-electron chi connectivity index (χ4n) is 4.91. The number of hydrazine groups is 1. The average Bonchev–Trinajstić information content (AvgIpc) is 3.52. The lowest BCUT2D eigenvalue weighted by atomic mass is 9.86. The Morgan fingerprint density at radius 3 is 2.28 bits per heavy atom. The van der Waals surface area contributed by atoms with Gasteiger partial charge in [-0.2, -0.15) is 0 Å². The van der Waals surface area contributed by atoms with Crippen LogP contribution in [0.15, 0.2) is 101 Å². The number of anilines is 1. The normalized spacial score (nSPS) is 18.1. The molecule has 200 valence electrons. The van der Waals surface area contributed by atoms with Crippen LogP contribution in [-0.2, 0) is 23.4 Å². The molecule has 0 fully saturated rings. The maximum atomic E-state index is 13.2. The zero-order chi connectivity index (χ0) is 27.4. The second-order valence-electron chi connectivity index (χ2n) is 9.50. The first-order valence-corrected chi connectivity index (χ1v) is 13.6. The number of rotatable bonds is 6. The molecule has 2 heterocycles. The molecule has 0 saturated carbocycles. The van der Waals surface area contributed by atoms with Gasteiger partial charge in [0.2, 0.25) is 5.96 Å². The van der Waals surface area contributed by atoms with E-state index in [4.69, 9.17) is 9.47 Å². The molecule has 1 unspecified atom stereocenters. The van der Waals surface area contributed by atoms with Crippen molar-refractivity contribution >= 4 is 29.1 Å². The Labute approximate surface area is 233 Å². The van der Waals surface area contributed by atoms with Crippen LogP contribution in [0.4, 0.5) is 10.5 Å². The number of carbonyl (C=O) groups is 1. The van der Waals surface area contributed by atoms with Crippen LogP contribution in [0.2, 0.25) is 0 Å². The number of hydrogen-bond donors (Lipinski definition) is 0. The quantitative estimate of drug-likeness (QED) is 0.278. The molecule has 8 heteroatoms.